The van der Waals surface area contributed by atoms with Gasteiger partial charge in [-0.2, -0.15) is 0 Å². The van der Waals surface area contributed by atoms with Crippen LogP contribution in [0, 0.1) is 5.82 Å². The van der Waals surface area contributed by atoms with Gasteiger partial charge in [0.2, 0.25) is 15.9 Å². The zero-order chi connectivity index (χ0) is 19.4. The molecule has 0 radical (unpaired) electrons. The fraction of sp³-hybridized carbons (Fsp3) is 0.316. The summed E-state index contributed by atoms with van der Waals surface area (Å²) >= 11 is 0. The first-order chi connectivity index (χ1) is 12.0. The number of amides is 1. The van der Waals surface area contributed by atoms with Gasteiger partial charge in [0.05, 0.1) is 4.90 Å². The van der Waals surface area contributed by atoms with Crippen LogP contribution in [0.15, 0.2) is 53.4 Å². The van der Waals surface area contributed by atoms with E-state index in [-0.39, 0.29) is 23.0 Å². The Hall–Kier alpha value is -2.25. The maximum absolute atomic E-state index is 12.9. The summed E-state index contributed by atoms with van der Waals surface area (Å²) in [7, 11) is -3.67. The fourth-order valence-corrected chi connectivity index (χ4v) is 3.80. The molecule has 0 fully saturated rings. The van der Waals surface area contributed by atoms with E-state index < -0.39 is 15.6 Å². The SMILES string of the molecule is CC(C)(C)NS(=O)(=O)c1cccc(NC(=O)CCc2ccc(F)cc2)c1. The molecule has 0 heterocycles. The Morgan fingerprint density at radius 3 is 2.35 bits per heavy atom. The Morgan fingerprint density at radius 2 is 1.73 bits per heavy atom. The second-order valence-corrected chi connectivity index (χ2v) is 8.74. The van der Waals surface area contributed by atoms with Crippen molar-refractivity contribution in [3.63, 3.8) is 0 Å². The summed E-state index contributed by atoms with van der Waals surface area (Å²) in [5.41, 5.74) is 0.658. The number of carbonyl (C=O) groups is 1. The maximum atomic E-state index is 12.9. The smallest absolute Gasteiger partial charge is 0.241 e. The third kappa shape index (κ3) is 6.24. The first kappa shape index (κ1) is 20.1. The van der Waals surface area contributed by atoms with Crippen LogP contribution >= 0.6 is 0 Å². The van der Waals surface area contributed by atoms with Gasteiger partial charge in [0.15, 0.2) is 0 Å². The molecule has 0 aliphatic rings. The first-order valence-corrected chi connectivity index (χ1v) is 9.72. The Labute approximate surface area is 153 Å². The van der Waals surface area contributed by atoms with E-state index in [0.717, 1.165) is 5.56 Å². The fourth-order valence-electron chi connectivity index (χ4n) is 2.34. The summed E-state index contributed by atoms with van der Waals surface area (Å²) in [6.45, 7) is 5.27. The molecule has 0 saturated carbocycles. The van der Waals surface area contributed by atoms with Gasteiger partial charge in [-0.25, -0.2) is 17.5 Å². The molecule has 0 bridgehead atoms. The molecule has 0 spiro atoms. The lowest BCUT2D eigenvalue weighted by atomic mass is 10.1. The Kier molecular flexibility index (Phi) is 6.15. The molecular formula is C19H23FN2O3S. The highest BCUT2D eigenvalue weighted by Crippen LogP contribution is 2.18. The third-order valence-electron chi connectivity index (χ3n) is 3.42. The van der Waals surface area contributed by atoms with Gasteiger partial charge in [0.1, 0.15) is 5.82 Å². The number of sulfonamides is 1. The van der Waals surface area contributed by atoms with Crippen molar-refractivity contribution in [2.75, 3.05) is 5.32 Å². The minimum Gasteiger partial charge on any atom is -0.326 e. The van der Waals surface area contributed by atoms with E-state index in [0.29, 0.717) is 12.1 Å². The van der Waals surface area contributed by atoms with Crippen molar-refractivity contribution < 1.29 is 17.6 Å². The molecule has 2 N–H and O–H groups in total. The molecule has 0 aliphatic heterocycles. The molecule has 7 heteroatoms. The third-order valence-corrected chi connectivity index (χ3v) is 5.18. The zero-order valence-corrected chi connectivity index (χ0v) is 15.9. The zero-order valence-electron chi connectivity index (χ0n) is 15.0. The van der Waals surface area contributed by atoms with E-state index in [4.69, 9.17) is 0 Å². The average Bonchev–Trinajstić information content (AvgIpc) is 2.52. The van der Waals surface area contributed by atoms with Gasteiger partial charge in [-0.1, -0.05) is 18.2 Å². The van der Waals surface area contributed by atoms with Crippen LogP contribution in [-0.4, -0.2) is 19.9 Å². The second-order valence-electron chi connectivity index (χ2n) is 7.06. The molecule has 0 unspecified atom stereocenters. The number of benzene rings is 2. The number of rotatable bonds is 6. The van der Waals surface area contributed by atoms with E-state index in [2.05, 4.69) is 10.0 Å². The Bertz CT molecular complexity index is 872. The lowest BCUT2D eigenvalue weighted by Gasteiger charge is -2.20. The summed E-state index contributed by atoms with van der Waals surface area (Å²) in [6, 6.07) is 12.1. The van der Waals surface area contributed by atoms with E-state index in [1.165, 1.54) is 24.3 Å². The molecule has 2 rings (SSSR count). The number of anilines is 1. The molecule has 26 heavy (non-hydrogen) atoms. The number of halogens is 1. The maximum Gasteiger partial charge on any atom is 0.241 e. The van der Waals surface area contributed by atoms with Crippen LogP contribution < -0.4 is 10.0 Å². The van der Waals surface area contributed by atoms with Crippen molar-refractivity contribution in [1.29, 1.82) is 0 Å². The molecule has 1 amide bonds. The van der Waals surface area contributed by atoms with Crippen molar-refractivity contribution in [2.45, 2.75) is 44.0 Å². The molecule has 5 nitrogen and oxygen atoms in total. The number of nitrogens with one attached hydrogen (secondary N) is 2. The Balaban J connectivity index is 2.01. The van der Waals surface area contributed by atoms with E-state index in [9.17, 15) is 17.6 Å². The summed E-state index contributed by atoms with van der Waals surface area (Å²) in [5, 5.41) is 2.69. The normalized spacial score (nSPS) is 12.0. The van der Waals surface area contributed by atoms with Gasteiger partial charge < -0.3 is 5.32 Å². The second kappa shape index (κ2) is 7.97. The average molecular weight is 378 g/mol. The largest absolute Gasteiger partial charge is 0.326 e. The van der Waals surface area contributed by atoms with Gasteiger partial charge in [0, 0.05) is 17.6 Å². The van der Waals surface area contributed by atoms with Crippen molar-refractivity contribution in [3.05, 3.63) is 59.9 Å². The van der Waals surface area contributed by atoms with Crippen molar-refractivity contribution >= 4 is 21.6 Å². The number of hydrogen-bond donors (Lipinski definition) is 2. The van der Waals surface area contributed by atoms with Crippen LogP contribution in [0.5, 0.6) is 0 Å². The minimum atomic E-state index is -3.67. The molecular weight excluding hydrogens is 355 g/mol. The van der Waals surface area contributed by atoms with E-state index in [1.54, 1.807) is 45.0 Å². The van der Waals surface area contributed by atoms with Crippen LogP contribution in [0.3, 0.4) is 0 Å². The summed E-state index contributed by atoms with van der Waals surface area (Å²) in [4.78, 5) is 12.2. The van der Waals surface area contributed by atoms with Gasteiger partial charge >= 0.3 is 0 Å². The van der Waals surface area contributed by atoms with Gasteiger partial charge in [-0.3, -0.25) is 4.79 Å². The Morgan fingerprint density at radius 1 is 1.08 bits per heavy atom. The highest BCUT2D eigenvalue weighted by atomic mass is 32.2. The molecule has 140 valence electrons. The molecule has 2 aromatic rings. The summed E-state index contributed by atoms with van der Waals surface area (Å²) in [6.07, 6.45) is 0.679. The van der Waals surface area contributed by atoms with E-state index >= 15 is 0 Å². The van der Waals surface area contributed by atoms with Crippen LogP contribution in [0.25, 0.3) is 0 Å². The van der Waals surface area contributed by atoms with Crippen LogP contribution in [0.1, 0.15) is 32.8 Å². The van der Waals surface area contributed by atoms with Gasteiger partial charge in [-0.15, -0.1) is 0 Å². The van der Waals surface area contributed by atoms with E-state index in [1.807, 2.05) is 0 Å². The highest BCUT2D eigenvalue weighted by molar-refractivity contribution is 7.89. The van der Waals surface area contributed by atoms with Crippen LogP contribution in [0.4, 0.5) is 10.1 Å². The molecule has 0 saturated heterocycles. The topological polar surface area (TPSA) is 75.3 Å². The number of hydrogen-bond acceptors (Lipinski definition) is 3. The van der Waals surface area contributed by atoms with Gasteiger partial charge in [0.25, 0.3) is 0 Å². The standard InChI is InChI=1S/C19H23FN2O3S/c1-19(2,3)22-26(24,25)17-6-4-5-16(13-17)21-18(23)12-9-14-7-10-15(20)11-8-14/h4-8,10-11,13,22H,9,12H2,1-3H3,(H,21,23). The molecule has 2 aromatic carbocycles. The quantitative estimate of drug-likeness (QED) is 0.808. The van der Waals surface area contributed by atoms with Crippen molar-refractivity contribution in [1.82, 2.24) is 4.72 Å². The molecule has 0 aliphatic carbocycles. The molecule has 0 atom stereocenters. The van der Waals surface area contributed by atoms with Crippen molar-refractivity contribution in [2.24, 2.45) is 0 Å². The monoisotopic (exact) mass is 378 g/mol. The van der Waals surface area contributed by atoms with Crippen LogP contribution in [-0.2, 0) is 21.2 Å². The highest BCUT2D eigenvalue weighted by Gasteiger charge is 2.22. The summed E-state index contributed by atoms with van der Waals surface area (Å²) < 4.78 is 40.2. The number of aryl methyl sites for hydroxylation is 1. The predicted octanol–water partition coefficient (Wildman–Crippen LogP) is 3.47. The first-order valence-electron chi connectivity index (χ1n) is 8.23. The summed E-state index contributed by atoms with van der Waals surface area (Å²) in [5.74, 6) is -0.562. The van der Waals surface area contributed by atoms with Gasteiger partial charge in [-0.05, 0) is 63.1 Å². The van der Waals surface area contributed by atoms with Crippen LogP contribution in [0.2, 0.25) is 0 Å². The number of carbonyl (C=O) groups excluding carboxylic acids is 1. The lowest BCUT2D eigenvalue weighted by molar-refractivity contribution is -0.116. The lowest BCUT2D eigenvalue weighted by Crippen LogP contribution is -2.40. The molecule has 0 aromatic heterocycles. The predicted molar refractivity (Wildman–Crippen MR) is 99.9 cm³/mol. The minimum absolute atomic E-state index is 0.0868. The van der Waals surface area contributed by atoms with Crippen molar-refractivity contribution in [3.8, 4) is 0 Å².